The van der Waals surface area contributed by atoms with Crippen molar-refractivity contribution < 1.29 is 90.9 Å². The topological polar surface area (TPSA) is 82.1 Å². The van der Waals surface area contributed by atoms with Crippen molar-refractivity contribution in [3.05, 3.63) is 0 Å². The van der Waals surface area contributed by atoms with Gasteiger partial charge >= 0.3 is 71.1 Å². The molecule has 2 unspecified atom stereocenters. The van der Waals surface area contributed by atoms with Crippen LogP contribution in [0.1, 0.15) is 139 Å². The van der Waals surface area contributed by atoms with Gasteiger partial charge in [0.25, 0.3) is 0 Å². The number of aliphatic hydroxyl groups is 1. The molecule has 0 heterocycles. The van der Waals surface area contributed by atoms with Crippen molar-refractivity contribution in [2.24, 2.45) is 0 Å². The summed E-state index contributed by atoms with van der Waals surface area (Å²) in [4.78, 5) is 23.5. The average molecular weight is 535 g/mol. The molecule has 0 aromatic heterocycles. The van der Waals surface area contributed by atoms with Gasteiger partial charge in [0.1, 0.15) is 18.8 Å². The molecule has 6 nitrogen and oxygen atoms in total. The average Bonchev–Trinajstić information content (AvgIpc) is 2.81. The van der Waals surface area contributed by atoms with E-state index in [4.69, 9.17) is 14.2 Å². The van der Waals surface area contributed by atoms with Crippen LogP contribution in [0.4, 0.5) is 0 Å². The Balaban J connectivity index is -0.000000907. The summed E-state index contributed by atoms with van der Waals surface area (Å²) in [7, 11) is 0. The number of unbranched alkanes of at least 4 members (excludes halogenated alkanes) is 14. The fourth-order valence-electron chi connectivity index (χ4n) is 4.10. The van der Waals surface area contributed by atoms with Gasteiger partial charge in [-0.3, -0.25) is 4.79 Å². The summed E-state index contributed by atoms with van der Waals surface area (Å²) in [6, 6.07) is 0. The predicted octanol–water partition coefficient (Wildman–Crippen LogP) is 1.13. The number of hydrogen-bond donors (Lipinski definition) is 1. The molecule has 8 heteroatoms. The van der Waals surface area contributed by atoms with Gasteiger partial charge in [-0.1, -0.05) is 104 Å². The number of ether oxygens (including phenoxy) is 3. The third-order valence-electron chi connectivity index (χ3n) is 6.12. The Labute approximate surface area is 269 Å². The van der Waals surface area contributed by atoms with Crippen molar-refractivity contribution in [1.29, 1.82) is 0 Å². The number of hydrogen-bond acceptors (Lipinski definition) is 6. The molecule has 0 saturated heterocycles. The summed E-state index contributed by atoms with van der Waals surface area (Å²) < 4.78 is 16.2. The molecule has 0 spiro atoms. The molecule has 0 rings (SSSR count). The summed E-state index contributed by atoms with van der Waals surface area (Å²) in [5, 5.41) is 9.51. The van der Waals surface area contributed by atoms with Crippen molar-refractivity contribution >= 4 is 11.9 Å². The maximum atomic E-state index is 12.1. The fourth-order valence-corrected chi connectivity index (χ4v) is 4.10. The van der Waals surface area contributed by atoms with Gasteiger partial charge < -0.3 is 22.2 Å². The zero-order chi connectivity index (χ0) is 25.3. The van der Waals surface area contributed by atoms with E-state index >= 15 is 0 Å². The molecule has 0 aromatic rings. The quantitative estimate of drug-likeness (QED) is 0.107. The van der Waals surface area contributed by atoms with Crippen LogP contribution in [-0.2, 0) is 23.8 Å². The molecule has 0 aliphatic heterocycles. The van der Waals surface area contributed by atoms with Gasteiger partial charge in [0.15, 0.2) is 0 Å². The zero-order valence-corrected chi connectivity index (χ0v) is 28.5. The molecule has 0 saturated carbocycles. The molecule has 0 aliphatic carbocycles. The van der Waals surface area contributed by atoms with E-state index in [1.165, 1.54) is 84.0 Å². The first-order chi connectivity index (χ1) is 16.5. The fraction of sp³-hybridized carbons (Fsp3) is 0.929. The number of esters is 2. The standard InChI is InChI=1S/C28H54O6.2Na.2H/c1-4-6-8-10-12-14-16-18-20-26(22-29)34-28(31)24-32-23-27(33-25(3)30)21-19-17-15-13-11-9-7-5-2;;;;/h26-27,29H,4-24H2,1-3H3;;;;/q;2*+1;2*-1. The molecule has 0 aliphatic rings. The summed E-state index contributed by atoms with van der Waals surface area (Å²) in [6.45, 7) is 5.66. The smallest absolute Gasteiger partial charge is 1.00 e. The normalized spacial score (nSPS) is 12.2. The first-order valence-electron chi connectivity index (χ1n) is 14.1. The second kappa shape index (κ2) is 32.1. The van der Waals surface area contributed by atoms with Gasteiger partial charge in [0.05, 0.1) is 13.2 Å². The maximum absolute atomic E-state index is 12.1. The van der Waals surface area contributed by atoms with Gasteiger partial charge in [-0.25, -0.2) is 4.79 Å². The van der Waals surface area contributed by atoms with Crippen LogP contribution < -0.4 is 59.1 Å². The molecule has 0 aromatic carbocycles. The molecule has 1 N–H and O–H groups in total. The van der Waals surface area contributed by atoms with Crippen LogP contribution in [0.2, 0.25) is 0 Å². The molecular formula is C28H56Na2O6. The third-order valence-corrected chi connectivity index (χ3v) is 6.12. The minimum atomic E-state index is -0.479. The van der Waals surface area contributed by atoms with E-state index < -0.39 is 12.1 Å². The second-order valence-electron chi connectivity index (χ2n) is 9.57. The van der Waals surface area contributed by atoms with E-state index in [9.17, 15) is 14.7 Å². The van der Waals surface area contributed by atoms with Gasteiger partial charge in [-0.05, 0) is 25.7 Å². The van der Waals surface area contributed by atoms with Crippen LogP contribution in [0.3, 0.4) is 0 Å². The maximum Gasteiger partial charge on any atom is 1.00 e. The summed E-state index contributed by atoms with van der Waals surface area (Å²) in [5.74, 6) is -0.811. The summed E-state index contributed by atoms with van der Waals surface area (Å²) in [5.41, 5.74) is 0. The van der Waals surface area contributed by atoms with Crippen molar-refractivity contribution in [3.63, 3.8) is 0 Å². The van der Waals surface area contributed by atoms with E-state index in [0.29, 0.717) is 6.42 Å². The number of rotatable bonds is 25. The van der Waals surface area contributed by atoms with Crippen LogP contribution in [0, 0.1) is 0 Å². The molecular weight excluding hydrogens is 478 g/mol. The number of aliphatic hydroxyl groups excluding tert-OH is 1. The number of carbonyl (C=O) groups is 2. The Bertz CT molecular complexity index is 490. The van der Waals surface area contributed by atoms with Crippen molar-refractivity contribution in [2.45, 2.75) is 149 Å². The van der Waals surface area contributed by atoms with Gasteiger partial charge in [-0.15, -0.1) is 0 Å². The van der Waals surface area contributed by atoms with Gasteiger partial charge in [-0.2, -0.15) is 0 Å². The first kappa shape index (κ1) is 41.3. The van der Waals surface area contributed by atoms with Crippen LogP contribution in [0.25, 0.3) is 0 Å². The Hall–Kier alpha value is 0.860. The molecule has 206 valence electrons. The Morgan fingerprint density at radius 3 is 1.50 bits per heavy atom. The van der Waals surface area contributed by atoms with E-state index in [1.807, 2.05) is 0 Å². The summed E-state index contributed by atoms with van der Waals surface area (Å²) in [6.07, 6.45) is 20.0. The minimum absolute atomic E-state index is 0. The van der Waals surface area contributed by atoms with Crippen molar-refractivity contribution in [1.82, 2.24) is 0 Å². The van der Waals surface area contributed by atoms with Crippen LogP contribution in [0.15, 0.2) is 0 Å². The largest absolute Gasteiger partial charge is 1.00 e. The molecule has 36 heavy (non-hydrogen) atoms. The Morgan fingerprint density at radius 1 is 0.667 bits per heavy atom. The van der Waals surface area contributed by atoms with Crippen LogP contribution in [-0.4, -0.2) is 49.1 Å². The van der Waals surface area contributed by atoms with Crippen LogP contribution in [0.5, 0.6) is 0 Å². The third kappa shape index (κ3) is 29.4. The minimum Gasteiger partial charge on any atom is -1.00 e. The van der Waals surface area contributed by atoms with E-state index in [0.717, 1.165) is 32.1 Å². The molecule has 2 atom stereocenters. The second-order valence-corrected chi connectivity index (χ2v) is 9.57. The Morgan fingerprint density at radius 2 is 1.08 bits per heavy atom. The first-order valence-corrected chi connectivity index (χ1v) is 14.1. The van der Waals surface area contributed by atoms with Crippen molar-refractivity contribution in [3.8, 4) is 0 Å². The molecule has 0 fully saturated rings. The predicted molar refractivity (Wildman–Crippen MR) is 140 cm³/mol. The van der Waals surface area contributed by atoms with E-state index in [1.54, 1.807) is 0 Å². The van der Waals surface area contributed by atoms with E-state index in [2.05, 4.69) is 13.8 Å². The molecule has 0 bridgehead atoms. The number of carbonyl (C=O) groups excluding carboxylic acids is 2. The molecule has 0 radical (unpaired) electrons. The van der Waals surface area contributed by atoms with Gasteiger partial charge in [0.2, 0.25) is 0 Å². The summed E-state index contributed by atoms with van der Waals surface area (Å²) >= 11 is 0. The van der Waals surface area contributed by atoms with Gasteiger partial charge in [0, 0.05) is 6.92 Å². The zero-order valence-electron chi connectivity index (χ0n) is 26.5. The SMILES string of the molecule is CCCCCCCCCCC(COCC(=O)OC(CO)CCCCCCCCCC)OC(C)=O.[H-].[H-].[Na+].[Na+]. The molecule has 0 amide bonds. The van der Waals surface area contributed by atoms with Crippen LogP contribution >= 0.6 is 0 Å². The van der Waals surface area contributed by atoms with E-state index in [-0.39, 0.29) is 93.9 Å². The Kier molecular flexibility index (Phi) is 36.8. The monoisotopic (exact) mass is 534 g/mol. The van der Waals surface area contributed by atoms with Crippen molar-refractivity contribution in [2.75, 3.05) is 19.8 Å².